The van der Waals surface area contributed by atoms with Crippen LogP contribution in [0.25, 0.3) is 11.1 Å². The second kappa shape index (κ2) is 9.56. The van der Waals surface area contributed by atoms with Crippen LogP contribution in [0.15, 0.2) is 83.8 Å². The number of hydrogen-bond acceptors (Lipinski definition) is 4. The third-order valence-corrected chi connectivity index (χ3v) is 7.43. The van der Waals surface area contributed by atoms with Gasteiger partial charge in [-0.05, 0) is 41.0 Å². The number of hydrogen-bond donors (Lipinski definition) is 1. The van der Waals surface area contributed by atoms with Crippen molar-refractivity contribution in [2.75, 3.05) is 26.7 Å². The van der Waals surface area contributed by atoms with Gasteiger partial charge in [-0.25, -0.2) is 8.42 Å². The van der Waals surface area contributed by atoms with Crippen LogP contribution < -0.4 is 5.32 Å². The largest absolute Gasteiger partial charge is 0.354 e. The van der Waals surface area contributed by atoms with E-state index in [1.807, 2.05) is 42.5 Å². The first-order valence-corrected chi connectivity index (χ1v) is 12.1. The summed E-state index contributed by atoms with van der Waals surface area (Å²) in [5, 5.41) is 2.61. The fraction of sp³-hybridized carbons (Fsp3) is 0.200. The van der Waals surface area contributed by atoms with Crippen LogP contribution in [0.4, 0.5) is 0 Å². The van der Waals surface area contributed by atoms with Crippen molar-refractivity contribution < 1.29 is 18.0 Å². The van der Waals surface area contributed by atoms with Gasteiger partial charge in [-0.1, -0.05) is 54.6 Å². The Kier molecular flexibility index (Phi) is 6.57. The number of nitrogens with one attached hydrogen (secondary N) is 1. The Morgan fingerprint density at radius 3 is 2.21 bits per heavy atom. The van der Waals surface area contributed by atoms with Gasteiger partial charge in [-0.3, -0.25) is 9.59 Å². The Morgan fingerprint density at radius 2 is 1.58 bits per heavy atom. The highest BCUT2D eigenvalue weighted by Gasteiger charge is 2.29. The van der Waals surface area contributed by atoms with Gasteiger partial charge in [0.05, 0.1) is 11.4 Å². The zero-order valence-electron chi connectivity index (χ0n) is 18.3. The molecule has 3 aromatic carbocycles. The first kappa shape index (κ1) is 22.7. The summed E-state index contributed by atoms with van der Waals surface area (Å²) in [7, 11) is -2.07. The standard InChI is InChI=1S/C25H25N3O4S/c1-27(17-19-7-9-21(10-8-19)20-5-3-2-4-6-20)25(30)22-11-13-23(14-12-22)33(31,32)28-16-15-26-24(29)18-28/h2-14H,15-18H2,1H3,(H,26,29). The van der Waals surface area contributed by atoms with Crippen molar-refractivity contribution >= 4 is 21.8 Å². The van der Waals surface area contributed by atoms with Crippen LogP contribution in [0.5, 0.6) is 0 Å². The number of amides is 2. The summed E-state index contributed by atoms with van der Waals surface area (Å²) in [6.45, 7) is 0.734. The molecule has 1 fully saturated rings. The summed E-state index contributed by atoms with van der Waals surface area (Å²) in [4.78, 5) is 26.1. The highest BCUT2D eigenvalue weighted by atomic mass is 32.2. The van der Waals surface area contributed by atoms with Crippen molar-refractivity contribution in [2.45, 2.75) is 11.4 Å². The monoisotopic (exact) mass is 463 g/mol. The third-order valence-electron chi connectivity index (χ3n) is 5.57. The lowest BCUT2D eigenvalue weighted by Crippen LogP contribution is -2.49. The molecule has 0 atom stereocenters. The molecule has 2 amide bonds. The lowest BCUT2D eigenvalue weighted by atomic mass is 10.0. The number of piperazine rings is 1. The number of rotatable bonds is 6. The predicted octanol–water partition coefficient (Wildman–Crippen LogP) is 2.75. The van der Waals surface area contributed by atoms with Crippen molar-refractivity contribution in [3.05, 3.63) is 90.0 Å². The van der Waals surface area contributed by atoms with Gasteiger partial charge >= 0.3 is 0 Å². The van der Waals surface area contributed by atoms with E-state index in [1.165, 1.54) is 24.3 Å². The first-order valence-electron chi connectivity index (χ1n) is 10.6. The molecule has 0 radical (unpaired) electrons. The molecule has 1 aliphatic heterocycles. The van der Waals surface area contributed by atoms with Gasteiger partial charge in [-0.15, -0.1) is 0 Å². The SMILES string of the molecule is CN(Cc1ccc(-c2ccccc2)cc1)C(=O)c1ccc(S(=O)(=O)N2CCNC(=O)C2)cc1. The van der Waals surface area contributed by atoms with Crippen molar-refractivity contribution in [2.24, 2.45) is 0 Å². The summed E-state index contributed by atoms with van der Waals surface area (Å²) in [6.07, 6.45) is 0. The summed E-state index contributed by atoms with van der Waals surface area (Å²) in [6, 6.07) is 24.0. The Hall–Kier alpha value is -3.49. The fourth-order valence-corrected chi connectivity index (χ4v) is 5.14. The van der Waals surface area contributed by atoms with Crippen LogP contribution in [0.1, 0.15) is 15.9 Å². The topological polar surface area (TPSA) is 86.8 Å². The zero-order valence-corrected chi connectivity index (χ0v) is 19.1. The maximum atomic E-state index is 12.9. The molecule has 3 aromatic rings. The number of sulfonamides is 1. The van der Waals surface area contributed by atoms with E-state index in [2.05, 4.69) is 17.4 Å². The Labute approximate surface area is 193 Å². The quantitative estimate of drug-likeness (QED) is 0.609. The summed E-state index contributed by atoms with van der Waals surface area (Å²) in [5.74, 6) is -0.529. The lowest BCUT2D eigenvalue weighted by Gasteiger charge is -2.26. The molecule has 0 saturated carbocycles. The van der Waals surface area contributed by atoms with E-state index in [4.69, 9.17) is 0 Å². The molecule has 0 aromatic heterocycles. The van der Waals surface area contributed by atoms with E-state index in [0.717, 1.165) is 21.0 Å². The minimum atomic E-state index is -3.79. The Morgan fingerprint density at radius 1 is 0.939 bits per heavy atom. The lowest BCUT2D eigenvalue weighted by molar-refractivity contribution is -0.122. The van der Waals surface area contributed by atoms with Crippen LogP contribution in [-0.4, -0.2) is 56.1 Å². The molecule has 1 N–H and O–H groups in total. The number of carbonyl (C=O) groups excluding carboxylic acids is 2. The average Bonchev–Trinajstić information content (AvgIpc) is 2.84. The fourth-order valence-electron chi connectivity index (χ4n) is 3.74. The first-order chi connectivity index (χ1) is 15.8. The van der Waals surface area contributed by atoms with E-state index in [1.54, 1.807) is 11.9 Å². The maximum absolute atomic E-state index is 12.9. The Bertz CT molecular complexity index is 1240. The van der Waals surface area contributed by atoms with Gasteiger partial charge in [0.15, 0.2) is 0 Å². The van der Waals surface area contributed by atoms with Crippen LogP contribution in [0, 0.1) is 0 Å². The predicted molar refractivity (Wildman–Crippen MR) is 126 cm³/mol. The van der Waals surface area contributed by atoms with Crippen molar-refractivity contribution in [1.29, 1.82) is 0 Å². The minimum Gasteiger partial charge on any atom is -0.354 e. The normalized spacial score (nSPS) is 14.5. The molecular weight excluding hydrogens is 438 g/mol. The highest BCUT2D eigenvalue weighted by molar-refractivity contribution is 7.89. The van der Waals surface area contributed by atoms with Crippen LogP contribution in [0.2, 0.25) is 0 Å². The summed E-state index contributed by atoms with van der Waals surface area (Å²) < 4.78 is 26.7. The van der Waals surface area contributed by atoms with Gasteiger partial charge < -0.3 is 10.2 Å². The van der Waals surface area contributed by atoms with Gasteiger partial charge in [-0.2, -0.15) is 4.31 Å². The summed E-state index contributed by atoms with van der Waals surface area (Å²) >= 11 is 0. The molecule has 170 valence electrons. The molecular formula is C25H25N3O4S. The van der Waals surface area contributed by atoms with E-state index >= 15 is 0 Å². The van der Waals surface area contributed by atoms with E-state index in [0.29, 0.717) is 12.1 Å². The minimum absolute atomic E-state index is 0.0629. The van der Waals surface area contributed by atoms with Gasteiger partial charge in [0.25, 0.3) is 5.91 Å². The number of nitrogens with zero attached hydrogens (tertiary/aromatic N) is 2. The van der Waals surface area contributed by atoms with E-state index in [9.17, 15) is 18.0 Å². The van der Waals surface area contributed by atoms with Crippen molar-refractivity contribution in [1.82, 2.24) is 14.5 Å². The molecule has 8 heteroatoms. The van der Waals surface area contributed by atoms with Crippen molar-refractivity contribution in [3.63, 3.8) is 0 Å². The maximum Gasteiger partial charge on any atom is 0.253 e. The summed E-state index contributed by atoms with van der Waals surface area (Å²) in [5.41, 5.74) is 3.63. The highest BCUT2D eigenvalue weighted by Crippen LogP contribution is 2.21. The van der Waals surface area contributed by atoms with Crippen LogP contribution in [-0.2, 0) is 21.4 Å². The third kappa shape index (κ3) is 5.13. The van der Waals surface area contributed by atoms with Gasteiger partial charge in [0, 0.05) is 32.2 Å². The molecule has 1 saturated heterocycles. The van der Waals surface area contributed by atoms with E-state index < -0.39 is 10.0 Å². The molecule has 0 bridgehead atoms. The van der Waals surface area contributed by atoms with Crippen LogP contribution in [0.3, 0.4) is 0 Å². The molecule has 0 aliphatic carbocycles. The molecule has 0 unspecified atom stereocenters. The zero-order chi connectivity index (χ0) is 23.4. The molecule has 1 heterocycles. The Balaban J connectivity index is 1.42. The smallest absolute Gasteiger partial charge is 0.253 e. The van der Waals surface area contributed by atoms with Crippen molar-refractivity contribution in [3.8, 4) is 11.1 Å². The second-order valence-electron chi connectivity index (χ2n) is 7.94. The molecule has 1 aliphatic rings. The van der Waals surface area contributed by atoms with Gasteiger partial charge in [0.2, 0.25) is 15.9 Å². The molecule has 7 nitrogen and oxygen atoms in total. The molecule has 33 heavy (non-hydrogen) atoms. The van der Waals surface area contributed by atoms with E-state index in [-0.39, 0.29) is 36.3 Å². The number of benzene rings is 3. The second-order valence-corrected chi connectivity index (χ2v) is 9.88. The number of carbonyl (C=O) groups is 2. The van der Waals surface area contributed by atoms with Gasteiger partial charge in [0.1, 0.15) is 0 Å². The van der Waals surface area contributed by atoms with Crippen LogP contribution >= 0.6 is 0 Å². The molecule has 4 rings (SSSR count). The molecule has 0 spiro atoms. The average molecular weight is 464 g/mol.